The Morgan fingerprint density at radius 3 is 1.29 bits per heavy atom. The van der Waals surface area contributed by atoms with E-state index in [2.05, 4.69) is 10.2 Å². The highest BCUT2D eigenvalue weighted by Crippen LogP contribution is 2.29. The van der Waals surface area contributed by atoms with Crippen molar-refractivity contribution in [1.29, 1.82) is 0 Å². The third-order valence-electron chi connectivity index (χ3n) is 1.62. The van der Waals surface area contributed by atoms with Crippen LogP contribution < -0.4 is 9.44 Å². The van der Waals surface area contributed by atoms with E-state index in [1.807, 2.05) is 0 Å². The van der Waals surface area contributed by atoms with Crippen LogP contribution in [0, 0.1) is 0 Å². The Kier molecular flexibility index (Phi) is 4.03. The molecule has 0 aliphatic rings. The van der Waals surface area contributed by atoms with Gasteiger partial charge >= 0.3 is 31.1 Å². The van der Waals surface area contributed by atoms with Crippen LogP contribution in [0.2, 0.25) is 0 Å². The minimum atomic E-state index is -6.02. The van der Waals surface area contributed by atoms with Gasteiger partial charge in [-0.1, -0.05) is 0 Å². The summed E-state index contributed by atoms with van der Waals surface area (Å²) in [6, 6.07) is 0. The normalized spacial score (nSPS) is 14.0. The fourth-order valence-electron chi connectivity index (χ4n) is 0.743. The number of hydrogen-bond donors (Lipinski definition) is 3. The summed E-state index contributed by atoms with van der Waals surface area (Å²) < 4.78 is 117. The molecule has 0 aliphatic heterocycles. The Hall–Kier alpha value is -1.78. The molecule has 0 unspecified atom stereocenters. The lowest BCUT2D eigenvalue weighted by Crippen LogP contribution is -2.32. The Morgan fingerprint density at radius 2 is 1.05 bits per heavy atom. The quantitative estimate of drug-likeness (QED) is 0.660. The van der Waals surface area contributed by atoms with E-state index in [1.165, 1.54) is 5.21 Å². The van der Waals surface area contributed by atoms with Gasteiger partial charge in [0.15, 0.2) is 0 Å². The molecule has 21 heavy (non-hydrogen) atoms. The van der Waals surface area contributed by atoms with Crippen molar-refractivity contribution in [1.82, 2.24) is 15.4 Å². The first kappa shape index (κ1) is 17.3. The molecule has 0 spiro atoms. The summed E-state index contributed by atoms with van der Waals surface area (Å²) in [5, 5.41) is 6.98. The third kappa shape index (κ3) is 3.65. The van der Waals surface area contributed by atoms with Gasteiger partial charge in [0, 0.05) is 0 Å². The van der Waals surface area contributed by atoms with Crippen LogP contribution in [0.5, 0.6) is 0 Å². The van der Waals surface area contributed by atoms with E-state index >= 15 is 0 Å². The van der Waals surface area contributed by atoms with Crippen LogP contribution in [0.15, 0.2) is 0 Å². The highest BCUT2D eigenvalue weighted by Gasteiger charge is 2.49. The van der Waals surface area contributed by atoms with Crippen LogP contribution >= 0.6 is 0 Å². The van der Waals surface area contributed by atoms with Crippen LogP contribution in [0.3, 0.4) is 0 Å². The molecule has 3 N–H and O–H groups in total. The Morgan fingerprint density at radius 1 is 0.762 bits per heavy atom. The largest absolute Gasteiger partial charge is 0.516 e. The number of anilines is 2. The molecule has 0 aromatic carbocycles. The number of hydrogen-bond acceptors (Lipinski definition) is 6. The van der Waals surface area contributed by atoms with Crippen LogP contribution in [0.4, 0.5) is 38.0 Å². The molecule has 9 nitrogen and oxygen atoms in total. The number of rotatable bonds is 4. The summed E-state index contributed by atoms with van der Waals surface area (Å²) in [7, 11) is -12.0. The van der Waals surface area contributed by atoms with Crippen molar-refractivity contribution in [2.24, 2.45) is 0 Å². The number of alkyl halides is 6. The van der Waals surface area contributed by atoms with E-state index in [0.29, 0.717) is 0 Å². The standard InChI is InChI=1S/C4H3F6N5O4S2/c5-3(6,7)20(16,17)13-1-2(12-15-11-1)14-21(18,19)4(8,9)10/h(H3,11,12,13,14,15). The van der Waals surface area contributed by atoms with Gasteiger partial charge in [0.1, 0.15) is 0 Å². The molecule has 0 radical (unpaired) electrons. The van der Waals surface area contributed by atoms with Gasteiger partial charge in [0.2, 0.25) is 11.6 Å². The summed E-state index contributed by atoms with van der Waals surface area (Å²) in [5.41, 5.74) is -11.6. The van der Waals surface area contributed by atoms with Gasteiger partial charge in [-0.05, 0) is 0 Å². The van der Waals surface area contributed by atoms with E-state index in [-0.39, 0.29) is 0 Å². The lowest BCUT2D eigenvalue weighted by atomic mass is 10.7. The SMILES string of the molecule is O=S(=O)(Nc1n[nH]nc1NS(=O)(=O)C(F)(F)F)C(F)(F)F. The molecular weight excluding hydrogens is 360 g/mol. The summed E-state index contributed by atoms with van der Waals surface area (Å²) in [6.45, 7) is 0. The van der Waals surface area contributed by atoms with Crippen LogP contribution in [0.1, 0.15) is 0 Å². The summed E-state index contributed by atoms with van der Waals surface area (Å²) in [6.07, 6.45) is 0. The number of sulfonamides is 2. The molecular formula is C4H3F6N5O4S2. The van der Waals surface area contributed by atoms with E-state index in [9.17, 15) is 43.2 Å². The zero-order valence-corrected chi connectivity index (χ0v) is 10.7. The van der Waals surface area contributed by atoms with E-state index in [0.717, 1.165) is 9.44 Å². The average Bonchev–Trinajstić information content (AvgIpc) is 2.60. The molecule has 0 saturated carbocycles. The maximum Gasteiger partial charge on any atom is 0.516 e. The highest BCUT2D eigenvalue weighted by molar-refractivity contribution is 7.94. The molecule has 0 bridgehead atoms. The minimum Gasteiger partial charge on any atom is -0.255 e. The Bertz CT molecular complexity index is 657. The minimum absolute atomic E-state index is 0.729. The molecule has 1 rings (SSSR count). The summed E-state index contributed by atoms with van der Waals surface area (Å²) in [4.78, 5) is 0. The number of aromatic nitrogens is 3. The predicted octanol–water partition coefficient (Wildman–Crippen LogP) is 0.328. The highest BCUT2D eigenvalue weighted by atomic mass is 32.2. The van der Waals surface area contributed by atoms with Crippen molar-refractivity contribution < 1.29 is 43.2 Å². The van der Waals surface area contributed by atoms with Gasteiger partial charge in [0.25, 0.3) is 0 Å². The maximum atomic E-state index is 12.1. The number of halogens is 6. The summed E-state index contributed by atoms with van der Waals surface area (Å²) >= 11 is 0. The summed E-state index contributed by atoms with van der Waals surface area (Å²) in [5.74, 6) is -2.83. The molecule has 0 fully saturated rings. The topological polar surface area (TPSA) is 134 Å². The smallest absolute Gasteiger partial charge is 0.255 e. The molecule has 0 amide bonds. The van der Waals surface area contributed by atoms with Crippen molar-refractivity contribution in [2.75, 3.05) is 9.44 Å². The second-order valence-electron chi connectivity index (χ2n) is 3.12. The third-order valence-corrected chi connectivity index (χ3v) is 3.76. The first-order valence-corrected chi connectivity index (χ1v) is 7.23. The monoisotopic (exact) mass is 363 g/mol. The second kappa shape index (κ2) is 4.90. The molecule has 17 heteroatoms. The molecule has 122 valence electrons. The fraction of sp³-hybridized carbons (Fsp3) is 0.500. The average molecular weight is 363 g/mol. The van der Waals surface area contributed by atoms with Gasteiger partial charge in [-0.3, -0.25) is 9.44 Å². The molecule has 1 aromatic rings. The zero-order chi connectivity index (χ0) is 16.7. The molecule has 1 aromatic heterocycles. The molecule has 0 saturated heterocycles. The van der Waals surface area contributed by atoms with Gasteiger partial charge < -0.3 is 0 Å². The zero-order valence-electron chi connectivity index (χ0n) is 9.11. The van der Waals surface area contributed by atoms with Crippen LogP contribution in [-0.2, 0) is 20.0 Å². The molecule has 0 atom stereocenters. The maximum absolute atomic E-state index is 12.1. The van der Waals surface area contributed by atoms with Crippen molar-refractivity contribution in [3.8, 4) is 0 Å². The number of H-pyrrole nitrogens is 1. The fourth-order valence-corrected chi connectivity index (χ4v) is 1.77. The Balaban J connectivity index is 3.11. The van der Waals surface area contributed by atoms with Crippen LogP contribution in [-0.4, -0.2) is 43.3 Å². The second-order valence-corrected chi connectivity index (χ2v) is 6.47. The van der Waals surface area contributed by atoms with Gasteiger partial charge in [0.05, 0.1) is 0 Å². The first-order chi connectivity index (χ1) is 9.17. The van der Waals surface area contributed by atoms with Gasteiger partial charge in [-0.25, -0.2) is 0 Å². The van der Waals surface area contributed by atoms with Crippen molar-refractivity contribution >= 4 is 31.7 Å². The van der Waals surface area contributed by atoms with Crippen molar-refractivity contribution in [3.63, 3.8) is 0 Å². The van der Waals surface area contributed by atoms with E-state index < -0.39 is 42.7 Å². The Labute approximate surface area is 111 Å². The lowest BCUT2D eigenvalue weighted by molar-refractivity contribution is -0.0436. The number of nitrogens with one attached hydrogen (secondary N) is 3. The van der Waals surface area contributed by atoms with Gasteiger partial charge in [-0.2, -0.15) is 48.4 Å². The number of aromatic amines is 1. The molecule has 0 aliphatic carbocycles. The van der Waals surface area contributed by atoms with Crippen molar-refractivity contribution in [2.45, 2.75) is 11.0 Å². The first-order valence-electron chi connectivity index (χ1n) is 4.26. The van der Waals surface area contributed by atoms with Crippen LogP contribution in [0.25, 0.3) is 0 Å². The van der Waals surface area contributed by atoms with E-state index in [4.69, 9.17) is 0 Å². The number of nitrogens with zero attached hydrogens (tertiary/aromatic N) is 2. The van der Waals surface area contributed by atoms with E-state index in [1.54, 1.807) is 0 Å². The lowest BCUT2D eigenvalue weighted by Gasteiger charge is -2.11. The van der Waals surface area contributed by atoms with Crippen molar-refractivity contribution in [3.05, 3.63) is 0 Å². The van der Waals surface area contributed by atoms with Gasteiger partial charge in [-0.15, -0.1) is 10.2 Å². The predicted molar refractivity (Wildman–Crippen MR) is 53.6 cm³/mol. The molecule has 1 heterocycles.